The number of aliphatic imine (C=N–C) groups is 1. The molecular weight excluding hydrogens is 459 g/mol. The number of ether oxygens (including phenoxy) is 1. The monoisotopic (exact) mass is 485 g/mol. The van der Waals surface area contributed by atoms with Gasteiger partial charge in [-0.2, -0.15) is 0 Å². The molecule has 0 aromatic heterocycles. The van der Waals surface area contributed by atoms with Crippen LogP contribution in [-0.4, -0.2) is 77.5 Å². The van der Waals surface area contributed by atoms with Gasteiger partial charge in [-0.25, -0.2) is 0 Å². The number of benzene rings is 1. The zero-order valence-electron chi connectivity index (χ0n) is 18.4. The lowest BCUT2D eigenvalue weighted by molar-refractivity contribution is -0.463. The van der Waals surface area contributed by atoms with Gasteiger partial charge in [0.2, 0.25) is 11.8 Å². The Labute approximate surface area is 193 Å². The quantitative estimate of drug-likeness (QED) is 0.275. The van der Waals surface area contributed by atoms with Crippen LogP contribution in [0.25, 0.3) is 0 Å². The first-order valence-corrected chi connectivity index (χ1v) is 11.0. The lowest BCUT2D eigenvalue weighted by atomic mass is 10.1. The molecule has 13 heteroatoms. The molecule has 2 saturated heterocycles. The van der Waals surface area contributed by atoms with E-state index in [1.807, 2.05) is 0 Å². The van der Waals surface area contributed by atoms with E-state index in [9.17, 15) is 32.9 Å². The highest BCUT2D eigenvalue weighted by Gasteiger charge is 2.32. The Hall–Kier alpha value is -3.38. The Morgan fingerprint density at radius 2 is 1.91 bits per heavy atom. The van der Waals surface area contributed by atoms with E-state index in [1.165, 1.54) is 17.0 Å². The van der Waals surface area contributed by atoms with Crippen molar-refractivity contribution >= 4 is 23.3 Å². The van der Waals surface area contributed by atoms with Gasteiger partial charge in [0.1, 0.15) is 11.8 Å². The maximum atomic E-state index is 13.1. The first-order valence-electron chi connectivity index (χ1n) is 11.0. The van der Waals surface area contributed by atoms with E-state index in [0.29, 0.717) is 38.9 Å². The molecule has 186 valence electrons. The molecule has 1 aromatic carbocycles. The van der Waals surface area contributed by atoms with Crippen LogP contribution in [0, 0.1) is 10.1 Å². The highest BCUT2D eigenvalue weighted by molar-refractivity contribution is 5.98. The average Bonchev–Trinajstić information content (AvgIpc) is 3.22. The third-order valence-corrected chi connectivity index (χ3v) is 5.48. The van der Waals surface area contributed by atoms with Gasteiger partial charge in [0.15, 0.2) is 5.84 Å². The molecule has 2 amide bonds. The normalized spacial score (nSPS) is 19.7. The second-order valence-corrected chi connectivity index (χ2v) is 8.13. The van der Waals surface area contributed by atoms with Crippen LogP contribution < -0.4 is 10.1 Å². The summed E-state index contributed by atoms with van der Waals surface area (Å²) in [6, 6.07) is 3.86. The topological polar surface area (TPSA) is 117 Å². The lowest BCUT2D eigenvalue weighted by Crippen LogP contribution is -2.45. The smallest absolute Gasteiger partial charge is 0.406 e. The van der Waals surface area contributed by atoms with E-state index in [2.05, 4.69) is 15.0 Å². The first-order chi connectivity index (χ1) is 16.1. The molecule has 34 heavy (non-hydrogen) atoms. The van der Waals surface area contributed by atoms with Crippen LogP contribution in [0.3, 0.4) is 0 Å². The van der Waals surface area contributed by atoms with Crippen molar-refractivity contribution in [1.29, 1.82) is 0 Å². The molecule has 1 unspecified atom stereocenters. The first kappa shape index (κ1) is 25.2. The van der Waals surface area contributed by atoms with Gasteiger partial charge in [0.05, 0.1) is 6.54 Å². The third-order valence-electron chi connectivity index (χ3n) is 5.48. The molecule has 0 bridgehead atoms. The molecule has 2 heterocycles. The van der Waals surface area contributed by atoms with Crippen LogP contribution in [0.2, 0.25) is 0 Å². The van der Waals surface area contributed by atoms with E-state index < -0.39 is 35.5 Å². The summed E-state index contributed by atoms with van der Waals surface area (Å²) in [5.41, 5.74) is 0.0875. The van der Waals surface area contributed by atoms with Crippen molar-refractivity contribution in [2.75, 3.05) is 38.0 Å². The number of rotatable bonds is 7. The van der Waals surface area contributed by atoms with Gasteiger partial charge in [0, 0.05) is 36.3 Å². The summed E-state index contributed by atoms with van der Waals surface area (Å²) >= 11 is 0. The molecule has 1 N–H and O–H groups in total. The highest BCUT2D eigenvalue weighted by atomic mass is 19.4. The molecule has 1 aromatic rings. The van der Waals surface area contributed by atoms with Gasteiger partial charge >= 0.3 is 6.36 Å². The number of carbonyl (C=O) groups excluding carboxylic acids is 2. The zero-order chi connectivity index (χ0) is 24.7. The molecule has 2 aliphatic rings. The Kier molecular flexibility index (Phi) is 8.29. The summed E-state index contributed by atoms with van der Waals surface area (Å²) in [5.74, 6) is -1.22. The molecule has 2 aliphatic heterocycles. The van der Waals surface area contributed by atoms with E-state index in [4.69, 9.17) is 0 Å². The molecule has 10 nitrogen and oxygen atoms in total. The van der Waals surface area contributed by atoms with E-state index in [-0.39, 0.29) is 24.0 Å². The van der Waals surface area contributed by atoms with E-state index in [0.717, 1.165) is 25.0 Å². The van der Waals surface area contributed by atoms with Crippen molar-refractivity contribution in [1.82, 2.24) is 9.80 Å². The SMILES string of the molecule is O=C(CN1CCCCC(N=C(C[N+](=O)[O-])Nc2cccc(OC(F)(F)F)c2)C1=O)N1CCCC1. The zero-order valence-corrected chi connectivity index (χ0v) is 18.4. The molecule has 1 atom stereocenters. The predicted octanol–water partition coefficient (Wildman–Crippen LogP) is 2.68. The summed E-state index contributed by atoms with van der Waals surface area (Å²) in [6.45, 7) is 0.882. The summed E-state index contributed by atoms with van der Waals surface area (Å²) in [7, 11) is 0. The number of hydrogen-bond acceptors (Lipinski definition) is 6. The van der Waals surface area contributed by atoms with Crippen molar-refractivity contribution in [2.24, 2.45) is 4.99 Å². The Balaban J connectivity index is 1.76. The Morgan fingerprint density at radius 3 is 2.59 bits per heavy atom. The number of amides is 2. The fourth-order valence-corrected chi connectivity index (χ4v) is 3.95. The molecule has 0 saturated carbocycles. The summed E-state index contributed by atoms with van der Waals surface area (Å²) in [5, 5.41) is 13.8. The van der Waals surface area contributed by atoms with Crippen LogP contribution >= 0.6 is 0 Å². The van der Waals surface area contributed by atoms with Gasteiger partial charge in [-0.15, -0.1) is 13.2 Å². The number of nitrogens with one attached hydrogen (secondary N) is 1. The number of halogens is 3. The van der Waals surface area contributed by atoms with Gasteiger partial charge in [0.25, 0.3) is 6.54 Å². The third kappa shape index (κ3) is 7.59. The predicted molar refractivity (Wildman–Crippen MR) is 116 cm³/mol. The number of hydrogen-bond donors (Lipinski definition) is 1. The van der Waals surface area contributed by atoms with E-state index in [1.54, 1.807) is 4.90 Å². The van der Waals surface area contributed by atoms with Crippen LogP contribution in [0.15, 0.2) is 29.3 Å². The molecule has 3 rings (SSSR count). The van der Waals surface area contributed by atoms with Gasteiger partial charge in [-0.3, -0.25) is 24.7 Å². The number of alkyl halides is 3. The van der Waals surface area contributed by atoms with Crippen LogP contribution in [0.1, 0.15) is 32.1 Å². The number of carbonyl (C=O) groups is 2. The van der Waals surface area contributed by atoms with Crippen molar-refractivity contribution in [2.45, 2.75) is 44.5 Å². The number of nitrogens with zero attached hydrogens (tertiary/aromatic N) is 4. The van der Waals surface area contributed by atoms with E-state index >= 15 is 0 Å². The number of amidine groups is 1. The number of nitro groups is 1. The van der Waals surface area contributed by atoms with Gasteiger partial charge in [-0.1, -0.05) is 6.07 Å². The summed E-state index contributed by atoms with van der Waals surface area (Å²) < 4.78 is 41.4. The average molecular weight is 485 g/mol. The maximum absolute atomic E-state index is 13.1. The lowest BCUT2D eigenvalue weighted by Gasteiger charge is -2.25. The molecule has 0 spiro atoms. The molecular formula is C21H26F3N5O5. The standard InChI is InChI=1S/C21H26F3N5O5/c22-21(23,24)34-16-7-5-6-15(12-16)25-18(13-29(32)33)26-17-8-1-2-11-28(20(17)31)14-19(30)27-9-3-4-10-27/h5-7,12,17H,1-4,8-11,13-14H2,(H,25,26). The molecule has 2 fully saturated rings. The van der Waals surface area contributed by atoms with Crippen molar-refractivity contribution in [3.8, 4) is 5.75 Å². The highest BCUT2D eigenvalue weighted by Crippen LogP contribution is 2.25. The Morgan fingerprint density at radius 1 is 1.21 bits per heavy atom. The minimum Gasteiger partial charge on any atom is -0.406 e. The number of anilines is 1. The van der Waals surface area contributed by atoms with Crippen molar-refractivity contribution in [3.63, 3.8) is 0 Å². The second kappa shape index (κ2) is 11.2. The fourth-order valence-electron chi connectivity index (χ4n) is 3.95. The van der Waals surface area contributed by atoms with Crippen LogP contribution in [0.4, 0.5) is 18.9 Å². The van der Waals surface area contributed by atoms with Gasteiger partial charge < -0.3 is 19.9 Å². The Bertz CT molecular complexity index is 934. The summed E-state index contributed by atoms with van der Waals surface area (Å²) in [6.07, 6.45) is -1.39. The minimum atomic E-state index is -4.89. The van der Waals surface area contributed by atoms with Crippen LogP contribution in [0.5, 0.6) is 5.75 Å². The number of likely N-dealkylation sites (tertiary alicyclic amines) is 2. The van der Waals surface area contributed by atoms with Crippen molar-refractivity contribution in [3.05, 3.63) is 34.4 Å². The maximum Gasteiger partial charge on any atom is 0.573 e. The van der Waals surface area contributed by atoms with Crippen LogP contribution in [-0.2, 0) is 9.59 Å². The molecule has 0 aliphatic carbocycles. The van der Waals surface area contributed by atoms with Gasteiger partial charge in [-0.05, 0) is 44.2 Å². The fraction of sp³-hybridized carbons (Fsp3) is 0.571. The summed E-state index contributed by atoms with van der Waals surface area (Å²) in [4.78, 5) is 43.5. The largest absolute Gasteiger partial charge is 0.573 e. The van der Waals surface area contributed by atoms with Crippen molar-refractivity contribution < 1.29 is 32.4 Å². The molecule has 0 radical (unpaired) electrons. The minimum absolute atomic E-state index is 0.0698. The second-order valence-electron chi connectivity index (χ2n) is 8.13.